The first-order valence-electron chi connectivity index (χ1n) is 5.77. The molecule has 1 aromatic heterocycles. The Morgan fingerprint density at radius 2 is 1.83 bits per heavy atom. The Kier molecular flexibility index (Phi) is 2.65. The van der Waals surface area contributed by atoms with Crippen molar-refractivity contribution >= 4 is 16.7 Å². The highest BCUT2D eigenvalue weighted by atomic mass is 16.5. The molecule has 0 spiro atoms. The van der Waals surface area contributed by atoms with E-state index in [-0.39, 0.29) is 0 Å². The van der Waals surface area contributed by atoms with E-state index in [0.717, 1.165) is 22.5 Å². The number of nitrogen functional groups attached to an aromatic ring is 1. The highest BCUT2D eigenvalue weighted by molar-refractivity contribution is 5.81. The van der Waals surface area contributed by atoms with E-state index < -0.39 is 0 Å². The molecule has 90 valence electrons. The average Bonchev–Trinajstić information content (AvgIpc) is 2.79. The second kappa shape index (κ2) is 4.45. The zero-order chi connectivity index (χ0) is 12.4. The Morgan fingerprint density at radius 1 is 1.00 bits per heavy atom. The van der Waals surface area contributed by atoms with Crippen molar-refractivity contribution in [2.45, 2.75) is 6.61 Å². The van der Waals surface area contributed by atoms with Gasteiger partial charge in [0.2, 0.25) is 0 Å². The van der Waals surface area contributed by atoms with Gasteiger partial charge < -0.3 is 14.9 Å². The maximum atomic E-state index is 5.71. The smallest absolute Gasteiger partial charge is 0.146 e. The number of para-hydroxylation sites is 1. The van der Waals surface area contributed by atoms with Gasteiger partial charge in [-0.3, -0.25) is 0 Å². The van der Waals surface area contributed by atoms with Crippen molar-refractivity contribution in [1.82, 2.24) is 0 Å². The SMILES string of the molecule is Nc1ccc2cc(COc3ccccc3)oc2c1. The molecule has 0 aliphatic heterocycles. The van der Waals surface area contributed by atoms with Crippen molar-refractivity contribution in [3.8, 4) is 5.75 Å². The van der Waals surface area contributed by atoms with Gasteiger partial charge in [-0.1, -0.05) is 18.2 Å². The molecule has 0 saturated heterocycles. The molecule has 0 aliphatic rings. The van der Waals surface area contributed by atoms with Crippen LogP contribution in [0.4, 0.5) is 5.69 Å². The summed E-state index contributed by atoms with van der Waals surface area (Å²) in [5, 5.41) is 1.04. The Bertz CT molecular complexity index is 659. The fraction of sp³-hybridized carbons (Fsp3) is 0.0667. The number of benzene rings is 2. The highest BCUT2D eigenvalue weighted by Crippen LogP contribution is 2.22. The molecular weight excluding hydrogens is 226 g/mol. The van der Waals surface area contributed by atoms with E-state index in [1.54, 1.807) is 0 Å². The van der Waals surface area contributed by atoms with Crippen LogP contribution in [-0.2, 0) is 6.61 Å². The molecule has 18 heavy (non-hydrogen) atoms. The topological polar surface area (TPSA) is 48.4 Å². The molecule has 0 aliphatic carbocycles. The van der Waals surface area contributed by atoms with Gasteiger partial charge in [0.15, 0.2) is 0 Å². The van der Waals surface area contributed by atoms with Gasteiger partial charge in [-0.05, 0) is 30.3 Å². The van der Waals surface area contributed by atoms with Crippen LogP contribution in [0, 0.1) is 0 Å². The Labute approximate surface area is 105 Å². The number of fused-ring (bicyclic) bond motifs is 1. The van der Waals surface area contributed by atoms with Gasteiger partial charge in [0.1, 0.15) is 23.7 Å². The van der Waals surface area contributed by atoms with E-state index in [2.05, 4.69) is 0 Å². The summed E-state index contributed by atoms with van der Waals surface area (Å²) in [5.41, 5.74) is 7.20. The molecule has 3 heteroatoms. The number of rotatable bonds is 3. The molecular formula is C15H13NO2. The van der Waals surface area contributed by atoms with Crippen LogP contribution in [-0.4, -0.2) is 0 Å². The van der Waals surface area contributed by atoms with Crippen LogP contribution in [0.2, 0.25) is 0 Å². The molecule has 0 bridgehead atoms. The van der Waals surface area contributed by atoms with Gasteiger partial charge in [0.25, 0.3) is 0 Å². The van der Waals surface area contributed by atoms with E-state index in [0.29, 0.717) is 12.3 Å². The summed E-state index contributed by atoms with van der Waals surface area (Å²) in [4.78, 5) is 0. The molecule has 0 amide bonds. The van der Waals surface area contributed by atoms with Crippen LogP contribution >= 0.6 is 0 Å². The number of hydrogen-bond donors (Lipinski definition) is 1. The second-order valence-electron chi connectivity index (χ2n) is 4.11. The van der Waals surface area contributed by atoms with E-state index in [4.69, 9.17) is 14.9 Å². The summed E-state index contributed by atoms with van der Waals surface area (Å²) >= 11 is 0. The van der Waals surface area contributed by atoms with E-state index in [9.17, 15) is 0 Å². The second-order valence-corrected chi connectivity index (χ2v) is 4.11. The lowest BCUT2D eigenvalue weighted by Crippen LogP contribution is -1.92. The van der Waals surface area contributed by atoms with Crippen molar-refractivity contribution in [1.29, 1.82) is 0 Å². The number of furan rings is 1. The summed E-state index contributed by atoms with van der Waals surface area (Å²) in [6.07, 6.45) is 0. The molecule has 0 atom stereocenters. The minimum absolute atomic E-state index is 0.415. The van der Waals surface area contributed by atoms with Crippen molar-refractivity contribution in [3.05, 3.63) is 60.4 Å². The normalized spacial score (nSPS) is 10.7. The minimum Gasteiger partial charge on any atom is -0.486 e. The van der Waals surface area contributed by atoms with Crippen LogP contribution in [0.25, 0.3) is 11.0 Å². The average molecular weight is 239 g/mol. The first-order chi connectivity index (χ1) is 8.81. The van der Waals surface area contributed by atoms with Gasteiger partial charge in [-0.15, -0.1) is 0 Å². The Morgan fingerprint density at radius 3 is 2.67 bits per heavy atom. The molecule has 3 aromatic rings. The molecule has 3 nitrogen and oxygen atoms in total. The molecule has 3 rings (SSSR count). The first kappa shape index (κ1) is 10.7. The molecule has 0 saturated carbocycles. The number of hydrogen-bond acceptors (Lipinski definition) is 3. The summed E-state index contributed by atoms with van der Waals surface area (Å²) < 4.78 is 11.3. The van der Waals surface area contributed by atoms with Gasteiger partial charge in [-0.25, -0.2) is 0 Å². The summed E-state index contributed by atoms with van der Waals surface area (Å²) in [5.74, 6) is 1.62. The van der Waals surface area contributed by atoms with Crippen molar-refractivity contribution in [2.24, 2.45) is 0 Å². The largest absolute Gasteiger partial charge is 0.486 e. The molecule has 0 unspecified atom stereocenters. The fourth-order valence-electron chi connectivity index (χ4n) is 1.85. The monoisotopic (exact) mass is 239 g/mol. The third kappa shape index (κ3) is 2.15. The lowest BCUT2D eigenvalue weighted by Gasteiger charge is -2.02. The molecule has 2 N–H and O–H groups in total. The van der Waals surface area contributed by atoms with Crippen LogP contribution < -0.4 is 10.5 Å². The maximum absolute atomic E-state index is 5.71. The van der Waals surface area contributed by atoms with Gasteiger partial charge >= 0.3 is 0 Å². The van der Waals surface area contributed by atoms with Crippen molar-refractivity contribution in [3.63, 3.8) is 0 Å². The lowest BCUT2D eigenvalue weighted by atomic mass is 10.2. The maximum Gasteiger partial charge on any atom is 0.146 e. The fourth-order valence-corrected chi connectivity index (χ4v) is 1.85. The molecule has 1 heterocycles. The van der Waals surface area contributed by atoms with Crippen molar-refractivity contribution in [2.75, 3.05) is 5.73 Å². The number of anilines is 1. The zero-order valence-corrected chi connectivity index (χ0v) is 9.80. The van der Waals surface area contributed by atoms with Crippen LogP contribution in [0.5, 0.6) is 5.75 Å². The third-order valence-corrected chi connectivity index (χ3v) is 2.72. The van der Waals surface area contributed by atoms with Crippen molar-refractivity contribution < 1.29 is 9.15 Å². The molecule has 0 radical (unpaired) electrons. The Balaban J connectivity index is 1.79. The van der Waals surface area contributed by atoms with Crippen LogP contribution in [0.1, 0.15) is 5.76 Å². The predicted molar refractivity (Wildman–Crippen MR) is 71.4 cm³/mol. The van der Waals surface area contributed by atoms with Gasteiger partial charge in [0, 0.05) is 17.1 Å². The van der Waals surface area contributed by atoms with Gasteiger partial charge in [0.05, 0.1) is 0 Å². The summed E-state index contributed by atoms with van der Waals surface area (Å²) in [6.45, 7) is 0.415. The van der Waals surface area contributed by atoms with Gasteiger partial charge in [-0.2, -0.15) is 0 Å². The number of ether oxygens (including phenoxy) is 1. The molecule has 2 aromatic carbocycles. The predicted octanol–water partition coefficient (Wildman–Crippen LogP) is 3.59. The first-order valence-corrected chi connectivity index (χ1v) is 5.77. The highest BCUT2D eigenvalue weighted by Gasteiger charge is 2.04. The van der Waals surface area contributed by atoms with Crippen LogP contribution in [0.3, 0.4) is 0 Å². The van der Waals surface area contributed by atoms with E-state index >= 15 is 0 Å². The molecule has 0 fully saturated rings. The van der Waals surface area contributed by atoms with Crippen LogP contribution in [0.15, 0.2) is 59.0 Å². The third-order valence-electron chi connectivity index (χ3n) is 2.72. The zero-order valence-electron chi connectivity index (χ0n) is 9.80. The summed E-state index contributed by atoms with van der Waals surface area (Å²) in [6, 6.07) is 17.3. The Hall–Kier alpha value is -2.42. The number of nitrogens with two attached hydrogens (primary N) is 1. The summed E-state index contributed by atoms with van der Waals surface area (Å²) in [7, 11) is 0. The standard InChI is InChI=1S/C15H13NO2/c16-12-7-6-11-8-14(18-15(11)9-12)10-17-13-4-2-1-3-5-13/h1-9H,10,16H2. The quantitative estimate of drug-likeness (QED) is 0.710. The van der Waals surface area contributed by atoms with E-state index in [1.807, 2.05) is 54.6 Å². The van der Waals surface area contributed by atoms with E-state index in [1.165, 1.54) is 0 Å². The minimum atomic E-state index is 0.415. The lowest BCUT2D eigenvalue weighted by molar-refractivity contribution is 0.274.